The molecule has 1 aliphatic heterocycles. The molecule has 2 aromatic rings. The van der Waals surface area contributed by atoms with Gasteiger partial charge in [0.2, 0.25) is 0 Å². The molecule has 1 unspecified atom stereocenters. The second-order valence-electron chi connectivity index (χ2n) is 5.30. The highest BCUT2D eigenvalue weighted by atomic mass is 32.2. The number of hydrogen-bond acceptors (Lipinski definition) is 5. The number of benzene rings is 1. The molecule has 0 aliphatic carbocycles. The maximum Gasteiger partial charge on any atom is 0.183 e. The van der Waals surface area contributed by atoms with Crippen LogP contribution in [0.1, 0.15) is 12.0 Å². The molecule has 0 radical (unpaired) electrons. The van der Waals surface area contributed by atoms with Crippen molar-refractivity contribution in [1.29, 1.82) is 0 Å². The molecule has 0 spiro atoms. The summed E-state index contributed by atoms with van der Waals surface area (Å²) in [6, 6.07) is 11.3. The monoisotopic (exact) mass is 303 g/mol. The van der Waals surface area contributed by atoms with Gasteiger partial charge in [-0.3, -0.25) is 10.00 Å². The van der Waals surface area contributed by atoms with Gasteiger partial charge in [0.25, 0.3) is 0 Å². The first-order valence-corrected chi connectivity index (χ1v) is 8.36. The van der Waals surface area contributed by atoms with Gasteiger partial charge in [-0.2, -0.15) is 5.10 Å². The quantitative estimate of drug-likeness (QED) is 0.603. The third-order valence-corrected chi connectivity index (χ3v) is 4.57. The third-order valence-electron chi connectivity index (χ3n) is 3.69. The molecule has 1 atom stereocenters. The van der Waals surface area contributed by atoms with Gasteiger partial charge in [-0.15, -0.1) is 0 Å². The van der Waals surface area contributed by atoms with Crippen molar-refractivity contribution in [3.63, 3.8) is 0 Å². The average Bonchev–Trinajstić information content (AvgIpc) is 3.17. The van der Waals surface area contributed by atoms with Crippen LogP contribution in [0.3, 0.4) is 0 Å². The van der Waals surface area contributed by atoms with Crippen molar-refractivity contribution in [3.05, 3.63) is 42.2 Å². The molecule has 6 heteroatoms. The van der Waals surface area contributed by atoms with Crippen LogP contribution < -0.4 is 5.32 Å². The summed E-state index contributed by atoms with van der Waals surface area (Å²) in [6.07, 6.45) is 2.79. The Kier molecular flexibility index (Phi) is 5.26. The summed E-state index contributed by atoms with van der Waals surface area (Å²) in [7, 11) is 0. The van der Waals surface area contributed by atoms with Gasteiger partial charge < -0.3 is 5.32 Å². The molecule has 2 N–H and O–H groups in total. The molecule has 1 saturated heterocycles. The van der Waals surface area contributed by atoms with Crippen LogP contribution in [0, 0.1) is 0 Å². The van der Waals surface area contributed by atoms with Crippen molar-refractivity contribution >= 4 is 11.8 Å². The van der Waals surface area contributed by atoms with Crippen molar-refractivity contribution < 1.29 is 0 Å². The number of nitrogens with zero attached hydrogens (tertiary/aromatic N) is 3. The lowest BCUT2D eigenvalue weighted by atomic mass is 10.2. The van der Waals surface area contributed by atoms with E-state index in [4.69, 9.17) is 0 Å². The Morgan fingerprint density at radius 2 is 2.24 bits per heavy atom. The zero-order chi connectivity index (χ0) is 14.3. The van der Waals surface area contributed by atoms with E-state index in [1.54, 1.807) is 18.1 Å². The maximum atomic E-state index is 4.10. The summed E-state index contributed by atoms with van der Waals surface area (Å²) in [5.74, 6) is 1.02. The first-order chi connectivity index (χ1) is 10.4. The number of rotatable bonds is 7. The second-order valence-corrected chi connectivity index (χ2v) is 6.38. The SMILES string of the molecule is c1ccc(CN2CCC(NCCSc3ncn[nH]3)C2)cc1. The molecule has 1 aromatic heterocycles. The predicted octanol–water partition coefficient (Wildman–Crippen LogP) is 1.76. The number of nitrogens with one attached hydrogen (secondary N) is 2. The number of hydrogen-bond donors (Lipinski definition) is 2. The zero-order valence-electron chi connectivity index (χ0n) is 12.0. The Morgan fingerprint density at radius 3 is 3.05 bits per heavy atom. The lowest BCUT2D eigenvalue weighted by Gasteiger charge is -2.16. The molecule has 1 aliphatic rings. The summed E-state index contributed by atoms with van der Waals surface area (Å²) in [5.41, 5.74) is 1.40. The van der Waals surface area contributed by atoms with Crippen LogP contribution in [0.25, 0.3) is 0 Å². The average molecular weight is 303 g/mol. The number of thioether (sulfide) groups is 1. The Bertz CT molecular complexity index is 516. The van der Waals surface area contributed by atoms with Crippen LogP contribution in [0.5, 0.6) is 0 Å². The smallest absolute Gasteiger partial charge is 0.183 e. The summed E-state index contributed by atoms with van der Waals surface area (Å²) < 4.78 is 0. The molecular weight excluding hydrogens is 282 g/mol. The highest BCUT2D eigenvalue weighted by Gasteiger charge is 2.21. The molecule has 0 bridgehead atoms. The first-order valence-electron chi connectivity index (χ1n) is 7.38. The normalized spacial score (nSPS) is 19.1. The molecule has 1 fully saturated rings. The van der Waals surface area contributed by atoms with Gasteiger partial charge in [-0.05, 0) is 12.0 Å². The summed E-state index contributed by atoms with van der Waals surface area (Å²) in [6.45, 7) is 4.39. The van der Waals surface area contributed by atoms with Crippen LogP contribution in [0.15, 0.2) is 41.8 Å². The standard InChI is InChI=1S/C15H21N5S/c1-2-4-13(5-3-1)10-20-8-6-14(11-20)16-7-9-21-15-17-12-18-19-15/h1-5,12,14,16H,6-11H2,(H,17,18,19). The topological polar surface area (TPSA) is 56.8 Å². The van der Waals surface area contributed by atoms with E-state index in [0.717, 1.165) is 30.5 Å². The maximum absolute atomic E-state index is 4.10. The Morgan fingerprint density at radius 1 is 1.33 bits per heavy atom. The Hall–Kier alpha value is -1.37. The van der Waals surface area contributed by atoms with E-state index in [0.29, 0.717) is 6.04 Å². The van der Waals surface area contributed by atoms with Crippen molar-refractivity contribution in [2.24, 2.45) is 0 Å². The van der Waals surface area contributed by atoms with Gasteiger partial charge in [-0.1, -0.05) is 42.1 Å². The van der Waals surface area contributed by atoms with Crippen LogP contribution in [0.2, 0.25) is 0 Å². The minimum atomic E-state index is 0.615. The molecule has 1 aromatic carbocycles. The predicted molar refractivity (Wildman–Crippen MR) is 85.2 cm³/mol. The molecule has 21 heavy (non-hydrogen) atoms. The van der Waals surface area contributed by atoms with E-state index in [-0.39, 0.29) is 0 Å². The number of aromatic nitrogens is 3. The van der Waals surface area contributed by atoms with Crippen LogP contribution in [-0.4, -0.2) is 51.5 Å². The Labute approximate surface area is 129 Å². The molecule has 5 nitrogen and oxygen atoms in total. The highest BCUT2D eigenvalue weighted by Crippen LogP contribution is 2.14. The molecule has 0 amide bonds. The van der Waals surface area contributed by atoms with Gasteiger partial charge >= 0.3 is 0 Å². The van der Waals surface area contributed by atoms with E-state index in [9.17, 15) is 0 Å². The Balaban J connectivity index is 1.33. The minimum Gasteiger partial charge on any atom is -0.312 e. The van der Waals surface area contributed by atoms with Gasteiger partial charge in [0, 0.05) is 38.0 Å². The van der Waals surface area contributed by atoms with E-state index in [1.165, 1.54) is 18.5 Å². The molecule has 2 heterocycles. The molecule has 0 saturated carbocycles. The van der Waals surface area contributed by atoms with Crippen LogP contribution in [0.4, 0.5) is 0 Å². The fraction of sp³-hybridized carbons (Fsp3) is 0.467. The molecule has 112 valence electrons. The van der Waals surface area contributed by atoms with E-state index in [2.05, 4.69) is 55.7 Å². The van der Waals surface area contributed by atoms with Crippen molar-refractivity contribution in [2.45, 2.75) is 24.2 Å². The third kappa shape index (κ3) is 4.56. The molecular formula is C15H21N5S. The van der Waals surface area contributed by atoms with E-state index in [1.807, 2.05) is 0 Å². The van der Waals surface area contributed by atoms with Crippen LogP contribution in [-0.2, 0) is 6.54 Å². The van der Waals surface area contributed by atoms with E-state index >= 15 is 0 Å². The first kappa shape index (κ1) is 14.6. The summed E-state index contributed by atoms with van der Waals surface area (Å²) in [5, 5.41) is 11.2. The number of H-pyrrole nitrogens is 1. The number of likely N-dealkylation sites (tertiary alicyclic amines) is 1. The van der Waals surface area contributed by atoms with Crippen molar-refractivity contribution in [2.75, 3.05) is 25.4 Å². The van der Waals surface area contributed by atoms with Gasteiger partial charge in [0.05, 0.1) is 0 Å². The fourth-order valence-corrected chi connectivity index (χ4v) is 3.31. The summed E-state index contributed by atoms with van der Waals surface area (Å²) >= 11 is 1.71. The van der Waals surface area contributed by atoms with Gasteiger partial charge in [-0.25, -0.2) is 4.98 Å². The number of aromatic amines is 1. The van der Waals surface area contributed by atoms with Crippen molar-refractivity contribution in [3.8, 4) is 0 Å². The van der Waals surface area contributed by atoms with Crippen LogP contribution >= 0.6 is 11.8 Å². The summed E-state index contributed by atoms with van der Waals surface area (Å²) in [4.78, 5) is 6.63. The highest BCUT2D eigenvalue weighted by molar-refractivity contribution is 7.99. The van der Waals surface area contributed by atoms with Gasteiger partial charge in [0.1, 0.15) is 6.33 Å². The zero-order valence-corrected chi connectivity index (χ0v) is 12.9. The minimum absolute atomic E-state index is 0.615. The van der Waals surface area contributed by atoms with E-state index < -0.39 is 0 Å². The lowest BCUT2D eigenvalue weighted by molar-refractivity contribution is 0.321. The fourth-order valence-electron chi connectivity index (χ4n) is 2.66. The van der Waals surface area contributed by atoms with Gasteiger partial charge in [0.15, 0.2) is 5.16 Å². The van der Waals surface area contributed by atoms with Crippen molar-refractivity contribution in [1.82, 2.24) is 25.4 Å². The lowest BCUT2D eigenvalue weighted by Crippen LogP contribution is -2.33. The second kappa shape index (κ2) is 7.59. The molecule has 3 rings (SSSR count). The largest absolute Gasteiger partial charge is 0.312 e.